The maximum Gasteiger partial charge on any atom is 0.276 e. The first-order valence-electron chi connectivity index (χ1n) is 9.32. The van der Waals surface area contributed by atoms with Crippen LogP contribution < -0.4 is 10.9 Å². The molecule has 0 unspecified atom stereocenters. The van der Waals surface area contributed by atoms with Gasteiger partial charge in [-0.15, -0.1) is 11.8 Å². The molecule has 1 N–H and O–H groups in total. The molecule has 138 valence electrons. The lowest BCUT2D eigenvalue weighted by atomic mass is 10.3. The van der Waals surface area contributed by atoms with Gasteiger partial charge in [-0.05, 0) is 37.5 Å². The molecule has 26 heavy (non-hydrogen) atoms. The van der Waals surface area contributed by atoms with Gasteiger partial charge < -0.3 is 5.32 Å². The number of thioether (sulfide) groups is 1. The van der Waals surface area contributed by atoms with Crippen molar-refractivity contribution in [2.75, 3.05) is 5.32 Å². The normalized spacial score (nSPS) is 14.5. The van der Waals surface area contributed by atoms with Crippen molar-refractivity contribution in [2.45, 2.75) is 62.1 Å². The highest BCUT2D eigenvalue weighted by molar-refractivity contribution is 8.00. The second-order valence-electron chi connectivity index (χ2n) is 6.61. The number of amides is 1. The highest BCUT2D eigenvalue weighted by Crippen LogP contribution is 2.38. The van der Waals surface area contributed by atoms with E-state index in [1.54, 1.807) is 0 Å². The summed E-state index contributed by atoms with van der Waals surface area (Å²) < 4.78 is 1.37. The van der Waals surface area contributed by atoms with E-state index in [9.17, 15) is 9.59 Å². The number of rotatable bonds is 7. The van der Waals surface area contributed by atoms with Crippen LogP contribution in [0.25, 0.3) is 0 Å². The van der Waals surface area contributed by atoms with Crippen molar-refractivity contribution in [3.05, 3.63) is 52.4 Å². The van der Waals surface area contributed by atoms with Crippen LogP contribution in [-0.2, 0) is 6.54 Å². The number of carbonyl (C=O) groups is 1. The van der Waals surface area contributed by atoms with Gasteiger partial charge in [-0.25, -0.2) is 4.68 Å². The number of aromatic nitrogens is 2. The highest BCUT2D eigenvalue weighted by Gasteiger charge is 2.18. The lowest BCUT2D eigenvalue weighted by molar-refractivity contribution is 0.101. The second-order valence-corrected chi connectivity index (χ2v) is 7.95. The first kappa shape index (κ1) is 18.7. The zero-order valence-electron chi connectivity index (χ0n) is 15.1. The molecule has 1 heterocycles. The molecule has 3 rings (SSSR count). The topological polar surface area (TPSA) is 64.0 Å². The molecule has 0 atom stereocenters. The Labute approximate surface area is 158 Å². The highest BCUT2D eigenvalue weighted by atomic mass is 32.2. The van der Waals surface area contributed by atoms with Crippen molar-refractivity contribution in [1.29, 1.82) is 0 Å². The standard InChI is InChI=1S/C20H25N3O2S/c1-2-3-14-23-19(24)13-12-17(22-23)20(25)21-16-10-6-7-11-18(16)26-15-8-4-5-9-15/h6-7,10-13,15H,2-5,8-9,14H2,1H3,(H,21,25). The first-order chi connectivity index (χ1) is 12.7. The summed E-state index contributed by atoms with van der Waals surface area (Å²) in [5.41, 5.74) is 0.899. The Kier molecular flexibility index (Phi) is 6.50. The van der Waals surface area contributed by atoms with Gasteiger partial charge in [0.1, 0.15) is 5.69 Å². The Balaban J connectivity index is 1.74. The number of benzene rings is 1. The van der Waals surface area contributed by atoms with E-state index in [-0.39, 0.29) is 17.2 Å². The Morgan fingerprint density at radius 2 is 2.00 bits per heavy atom. The maximum atomic E-state index is 12.6. The maximum absolute atomic E-state index is 12.6. The summed E-state index contributed by atoms with van der Waals surface area (Å²) in [6.45, 7) is 2.59. The minimum Gasteiger partial charge on any atom is -0.320 e. The number of para-hydroxylation sites is 1. The molecule has 0 radical (unpaired) electrons. The number of nitrogens with zero attached hydrogens (tertiary/aromatic N) is 2. The number of carbonyl (C=O) groups excluding carboxylic acids is 1. The fourth-order valence-electron chi connectivity index (χ4n) is 3.08. The van der Waals surface area contributed by atoms with Crippen LogP contribution in [0.4, 0.5) is 5.69 Å². The van der Waals surface area contributed by atoms with E-state index in [1.807, 2.05) is 36.0 Å². The third-order valence-electron chi connectivity index (χ3n) is 4.55. The van der Waals surface area contributed by atoms with E-state index in [0.29, 0.717) is 11.8 Å². The van der Waals surface area contributed by atoms with Gasteiger partial charge in [0.15, 0.2) is 0 Å². The van der Waals surface area contributed by atoms with Crippen LogP contribution in [-0.4, -0.2) is 20.9 Å². The van der Waals surface area contributed by atoms with E-state index >= 15 is 0 Å². The largest absolute Gasteiger partial charge is 0.320 e. The van der Waals surface area contributed by atoms with Gasteiger partial charge in [-0.1, -0.05) is 38.3 Å². The van der Waals surface area contributed by atoms with E-state index in [1.165, 1.54) is 42.5 Å². The zero-order valence-corrected chi connectivity index (χ0v) is 15.9. The SMILES string of the molecule is CCCCn1nc(C(=O)Nc2ccccc2SC2CCCC2)ccc1=O. The minimum atomic E-state index is -0.283. The number of unbranched alkanes of at least 4 members (excludes halogenated alkanes) is 1. The molecule has 1 amide bonds. The Morgan fingerprint density at radius 3 is 2.77 bits per heavy atom. The van der Waals surface area contributed by atoms with Crippen molar-refractivity contribution >= 4 is 23.4 Å². The average Bonchev–Trinajstić information content (AvgIpc) is 3.15. The second kappa shape index (κ2) is 9.03. The summed E-state index contributed by atoms with van der Waals surface area (Å²) in [4.78, 5) is 25.6. The van der Waals surface area contributed by atoms with E-state index in [2.05, 4.69) is 17.3 Å². The monoisotopic (exact) mass is 371 g/mol. The van der Waals surface area contributed by atoms with Gasteiger partial charge in [-0.2, -0.15) is 5.10 Å². The van der Waals surface area contributed by atoms with Crippen LogP contribution in [0.3, 0.4) is 0 Å². The third-order valence-corrected chi connectivity index (χ3v) is 5.97. The molecule has 1 aromatic heterocycles. The predicted molar refractivity (Wildman–Crippen MR) is 106 cm³/mol. The average molecular weight is 372 g/mol. The van der Waals surface area contributed by atoms with Gasteiger partial charge in [0.2, 0.25) is 0 Å². The van der Waals surface area contributed by atoms with Crippen molar-refractivity contribution in [3.8, 4) is 0 Å². The number of hydrogen-bond donors (Lipinski definition) is 1. The number of aryl methyl sites for hydroxylation is 1. The molecule has 6 heteroatoms. The lowest BCUT2D eigenvalue weighted by Gasteiger charge is -2.14. The molecule has 0 aliphatic heterocycles. The first-order valence-corrected chi connectivity index (χ1v) is 10.2. The lowest BCUT2D eigenvalue weighted by Crippen LogP contribution is -2.26. The molecule has 5 nitrogen and oxygen atoms in total. The molecule has 1 aromatic carbocycles. The number of nitrogens with one attached hydrogen (secondary N) is 1. The molecule has 1 aliphatic carbocycles. The van der Waals surface area contributed by atoms with Gasteiger partial charge in [0, 0.05) is 22.8 Å². The van der Waals surface area contributed by atoms with Gasteiger partial charge in [-0.3, -0.25) is 9.59 Å². The molecule has 2 aromatic rings. The molecule has 1 saturated carbocycles. The van der Waals surface area contributed by atoms with E-state index < -0.39 is 0 Å². The van der Waals surface area contributed by atoms with E-state index in [0.717, 1.165) is 23.4 Å². The van der Waals surface area contributed by atoms with Crippen LogP contribution in [0.2, 0.25) is 0 Å². The Bertz CT molecular complexity index is 813. The fraction of sp³-hybridized carbons (Fsp3) is 0.450. The molecule has 0 spiro atoms. The molecule has 0 saturated heterocycles. The molecule has 0 bridgehead atoms. The van der Waals surface area contributed by atoms with Crippen LogP contribution in [0.1, 0.15) is 55.9 Å². The predicted octanol–water partition coefficient (Wildman–Crippen LogP) is 4.33. The Morgan fingerprint density at radius 1 is 1.23 bits per heavy atom. The van der Waals surface area contributed by atoms with Gasteiger partial charge in [0.25, 0.3) is 11.5 Å². The quantitative estimate of drug-likeness (QED) is 0.787. The summed E-state index contributed by atoms with van der Waals surface area (Å²) in [7, 11) is 0. The van der Waals surface area contributed by atoms with E-state index in [4.69, 9.17) is 0 Å². The van der Waals surface area contributed by atoms with Crippen LogP contribution in [0.5, 0.6) is 0 Å². The van der Waals surface area contributed by atoms with Crippen LogP contribution >= 0.6 is 11.8 Å². The molecular formula is C20H25N3O2S. The Hall–Kier alpha value is -2.08. The van der Waals surface area contributed by atoms with Gasteiger partial charge >= 0.3 is 0 Å². The summed E-state index contributed by atoms with van der Waals surface area (Å²) in [5, 5.41) is 7.82. The molecule has 1 fully saturated rings. The van der Waals surface area contributed by atoms with Crippen molar-refractivity contribution in [3.63, 3.8) is 0 Å². The smallest absolute Gasteiger partial charge is 0.276 e. The molecule has 1 aliphatic rings. The number of anilines is 1. The van der Waals surface area contributed by atoms with Crippen molar-refractivity contribution in [1.82, 2.24) is 9.78 Å². The van der Waals surface area contributed by atoms with Crippen molar-refractivity contribution < 1.29 is 4.79 Å². The fourth-order valence-corrected chi connectivity index (χ4v) is 4.41. The minimum absolute atomic E-state index is 0.174. The number of hydrogen-bond acceptors (Lipinski definition) is 4. The zero-order chi connectivity index (χ0) is 18.4. The van der Waals surface area contributed by atoms with Crippen molar-refractivity contribution in [2.24, 2.45) is 0 Å². The summed E-state index contributed by atoms with van der Waals surface area (Å²) in [5.74, 6) is -0.283. The summed E-state index contributed by atoms with van der Waals surface area (Å²) >= 11 is 1.84. The van der Waals surface area contributed by atoms with Crippen LogP contribution in [0, 0.1) is 0 Å². The third kappa shape index (κ3) is 4.75. The van der Waals surface area contributed by atoms with Crippen LogP contribution in [0.15, 0.2) is 46.1 Å². The van der Waals surface area contributed by atoms with Gasteiger partial charge in [0.05, 0.1) is 5.69 Å². The summed E-state index contributed by atoms with van der Waals surface area (Å²) in [6.07, 6.45) is 6.87. The summed E-state index contributed by atoms with van der Waals surface area (Å²) in [6, 6.07) is 10.8. The molecular weight excluding hydrogens is 346 g/mol.